The molecule has 0 saturated carbocycles. The van der Waals surface area contributed by atoms with Crippen LogP contribution in [-0.4, -0.2) is 48.3 Å². The molecule has 2 rings (SSSR count). The number of thiol groups is 1. The molecule has 5 heteroatoms. The summed E-state index contributed by atoms with van der Waals surface area (Å²) in [5, 5.41) is 0. The summed E-state index contributed by atoms with van der Waals surface area (Å²) in [6, 6.07) is 5.47. The molecular formula is C13H16N2O2S. The first-order valence-corrected chi connectivity index (χ1v) is 6.26. The van der Waals surface area contributed by atoms with Crippen LogP contribution in [0.4, 0.5) is 0 Å². The van der Waals surface area contributed by atoms with Gasteiger partial charge in [0.1, 0.15) is 6.54 Å². The second kappa shape index (κ2) is 5.02. The van der Waals surface area contributed by atoms with E-state index in [9.17, 15) is 9.59 Å². The first-order chi connectivity index (χ1) is 8.49. The summed E-state index contributed by atoms with van der Waals surface area (Å²) in [4.78, 5) is 27.9. The Bertz CT molecular complexity index is 502. The maximum atomic E-state index is 12.3. The van der Waals surface area contributed by atoms with E-state index in [4.69, 9.17) is 0 Å². The Balaban J connectivity index is 2.21. The summed E-state index contributed by atoms with van der Waals surface area (Å²) < 4.78 is 0. The lowest BCUT2D eigenvalue weighted by Crippen LogP contribution is -2.50. The first-order valence-electron chi connectivity index (χ1n) is 5.82. The molecule has 1 saturated heterocycles. The van der Waals surface area contributed by atoms with Crippen LogP contribution < -0.4 is 0 Å². The van der Waals surface area contributed by atoms with Gasteiger partial charge >= 0.3 is 0 Å². The molecule has 0 bridgehead atoms. The molecule has 1 aliphatic rings. The molecule has 2 amide bonds. The van der Waals surface area contributed by atoms with Crippen LogP contribution in [0.3, 0.4) is 0 Å². The van der Waals surface area contributed by atoms with Gasteiger partial charge in [-0.15, -0.1) is 12.6 Å². The number of aryl methyl sites for hydroxylation is 1. The number of amides is 2. The molecule has 0 aliphatic carbocycles. The van der Waals surface area contributed by atoms with Crippen LogP contribution in [0.5, 0.6) is 0 Å². The van der Waals surface area contributed by atoms with Gasteiger partial charge < -0.3 is 9.80 Å². The van der Waals surface area contributed by atoms with Gasteiger partial charge in [0.15, 0.2) is 0 Å². The fourth-order valence-corrected chi connectivity index (χ4v) is 2.15. The van der Waals surface area contributed by atoms with E-state index in [-0.39, 0.29) is 18.4 Å². The number of hydrogen-bond acceptors (Lipinski definition) is 3. The molecule has 96 valence electrons. The van der Waals surface area contributed by atoms with Crippen LogP contribution in [0.15, 0.2) is 23.1 Å². The normalized spacial score (nSPS) is 16.1. The highest BCUT2D eigenvalue weighted by Crippen LogP contribution is 2.17. The summed E-state index contributed by atoms with van der Waals surface area (Å²) in [6.07, 6.45) is 0. The fourth-order valence-electron chi connectivity index (χ4n) is 1.94. The van der Waals surface area contributed by atoms with E-state index in [1.54, 1.807) is 22.9 Å². The Kier molecular flexibility index (Phi) is 3.61. The Hall–Kier alpha value is -1.49. The number of benzene rings is 1. The van der Waals surface area contributed by atoms with Gasteiger partial charge in [0, 0.05) is 30.6 Å². The Morgan fingerprint density at radius 3 is 2.72 bits per heavy atom. The summed E-state index contributed by atoms with van der Waals surface area (Å²) in [6.45, 7) is 3.21. The summed E-state index contributed by atoms with van der Waals surface area (Å²) >= 11 is 4.25. The molecule has 0 atom stereocenters. The van der Waals surface area contributed by atoms with Gasteiger partial charge in [-0.05, 0) is 24.6 Å². The average molecular weight is 264 g/mol. The Labute approximate surface area is 112 Å². The molecule has 1 heterocycles. The molecule has 0 aromatic heterocycles. The fraction of sp³-hybridized carbons (Fsp3) is 0.385. The summed E-state index contributed by atoms with van der Waals surface area (Å²) in [5.74, 6) is -0.112. The van der Waals surface area contributed by atoms with E-state index in [0.29, 0.717) is 18.7 Å². The zero-order valence-electron chi connectivity index (χ0n) is 10.5. The van der Waals surface area contributed by atoms with Gasteiger partial charge in [-0.2, -0.15) is 0 Å². The quantitative estimate of drug-likeness (QED) is 0.774. The number of nitrogens with zero attached hydrogens (tertiary/aromatic N) is 2. The predicted molar refractivity (Wildman–Crippen MR) is 72.0 cm³/mol. The summed E-state index contributed by atoms with van der Waals surface area (Å²) in [5.41, 5.74) is 1.53. The lowest BCUT2D eigenvalue weighted by atomic mass is 10.1. The van der Waals surface area contributed by atoms with Crippen LogP contribution >= 0.6 is 12.6 Å². The zero-order valence-corrected chi connectivity index (χ0v) is 11.4. The number of carbonyl (C=O) groups excluding carboxylic acids is 2. The van der Waals surface area contributed by atoms with Gasteiger partial charge in [-0.1, -0.05) is 6.07 Å². The van der Waals surface area contributed by atoms with E-state index < -0.39 is 0 Å². The molecule has 0 unspecified atom stereocenters. The van der Waals surface area contributed by atoms with E-state index in [1.165, 1.54) is 0 Å². The van der Waals surface area contributed by atoms with Crippen molar-refractivity contribution in [1.29, 1.82) is 0 Å². The second-order valence-electron chi connectivity index (χ2n) is 4.54. The minimum atomic E-state index is -0.0927. The molecule has 1 aliphatic heterocycles. The molecule has 0 radical (unpaired) electrons. The second-order valence-corrected chi connectivity index (χ2v) is 5.06. The average Bonchev–Trinajstić information content (AvgIpc) is 2.35. The number of piperazine rings is 1. The third-order valence-corrected chi connectivity index (χ3v) is 3.47. The molecule has 1 aromatic carbocycles. The van der Waals surface area contributed by atoms with Gasteiger partial charge in [0.25, 0.3) is 5.91 Å². The van der Waals surface area contributed by atoms with Gasteiger partial charge in [-0.25, -0.2) is 0 Å². The smallest absolute Gasteiger partial charge is 0.254 e. The van der Waals surface area contributed by atoms with Crippen molar-refractivity contribution in [2.45, 2.75) is 11.8 Å². The highest BCUT2D eigenvalue weighted by atomic mass is 32.1. The minimum absolute atomic E-state index is 0.0192. The Morgan fingerprint density at radius 1 is 1.33 bits per heavy atom. The van der Waals surface area contributed by atoms with Crippen molar-refractivity contribution in [2.24, 2.45) is 0 Å². The maximum Gasteiger partial charge on any atom is 0.254 e. The van der Waals surface area contributed by atoms with Crippen molar-refractivity contribution in [2.75, 3.05) is 26.7 Å². The van der Waals surface area contributed by atoms with E-state index in [2.05, 4.69) is 12.6 Å². The number of rotatable bonds is 1. The van der Waals surface area contributed by atoms with Crippen molar-refractivity contribution in [3.05, 3.63) is 29.3 Å². The molecule has 1 fully saturated rings. The van der Waals surface area contributed by atoms with Crippen LogP contribution in [0, 0.1) is 6.92 Å². The topological polar surface area (TPSA) is 40.6 Å². The van der Waals surface area contributed by atoms with E-state index in [0.717, 1.165) is 10.5 Å². The molecular weight excluding hydrogens is 248 g/mol. The van der Waals surface area contributed by atoms with E-state index >= 15 is 0 Å². The molecule has 1 aromatic rings. The van der Waals surface area contributed by atoms with Crippen molar-refractivity contribution >= 4 is 24.4 Å². The van der Waals surface area contributed by atoms with E-state index in [1.807, 2.05) is 19.1 Å². The van der Waals surface area contributed by atoms with Gasteiger partial charge in [0.2, 0.25) is 5.91 Å². The summed E-state index contributed by atoms with van der Waals surface area (Å²) in [7, 11) is 1.75. The zero-order chi connectivity index (χ0) is 13.3. The first kappa shape index (κ1) is 13.0. The van der Waals surface area contributed by atoms with Crippen LogP contribution in [0.25, 0.3) is 0 Å². The van der Waals surface area contributed by atoms with Crippen molar-refractivity contribution in [3.8, 4) is 0 Å². The minimum Gasteiger partial charge on any atom is -0.342 e. The van der Waals surface area contributed by atoms with Gasteiger partial charge in [-0.3, -0.25) is 9.59 Å². The maximum absolute atomic E-state index is 12.3. The third-order valence-electron chi connectivity index (χ3n) is 3.20. The number of likely N-dealkylation sites (N-methyl/N-ethyl adjacent to an activating group) is 1. The molecule has 0 spiro atoms. The number of carbonyl (C=O) groups is 2. The molecule has 18 heavy (non-hydrogen) atoms. The van der Waals surface area contributed by atoms with Crippen molar-refractivity contribution in [1.82, 2.24) is 9.80 Å². The third kappa shape index (κ3) is 2.51. The monoisotopic (exact) mass is 264 g/mol. The van der Waals surface area contributed by atoms with Gasteiger partial charge in [0.05, 0.1) is 0 Å². The highest BCUT2D eigenvalue weighted by Gasteiger charge is 2.26. The SMILES string of the molecule is Cc1ccc(S)cc1C(=O)N1CCN(C)C(=O)C1. The number of hydrogen-bond donors (Lipinski definition) is 1. The standard InChI is InChI=1S/C13H16N2O2S/c1-9-3-4-10(18)7-11(9)13(17)15-6-5-14(2)12(16)8-15/h3-4,7,18H,5-6,8H2,1-2H3. The molecule has 0 N–H and O–H groups in total. The predicted octanol–water partition coefficient (Wildman–Crippen LogP) is 1.20. The lowest BCUT2D eigenvalue weighted by Gasteiger charge is -2.32. The Morgan fingerprint density at radius 2 is 2.06 bits per heavy atom. The van der Waals surface area contributed by atoms with Crippen LogP contribution in [0.2, 0.25) is 0 Å². The van der Waals surface area contributed by atoms with Crippen LogP contribution in [-0.2, 0) is 4.79 Å². The largest absolute Gasteiger partial charge is 0.342 e. The lowest BCUT2D eigenvalue weighted by molar-refractivity contribution is -0.133. The van der Waals surface area contributed by atoms with Crippen molar-refractivity contribution < 1.29 is 9.59 Å². The molecule has 4 nitrogen and oxygen atoms in total. The van der Waals surface area contributed by atoms with Crippen molar-refractivity contribution in [3.63, 3.8) is 0 Å². The highest BCUT2D eigenvalue weighted by molar-refractivity contribution is 7.80. The van der Waals surface area contributed by atoms with Crippen LogP contribution in [0.1, 0.15) is 15.9 Å².